The first-order chi connectivity index (χ1) is 9.51. The summed E-state index contributed by atoms with van der Waals surface area (Å²) in [4.78, 5) is 2.38. The van der Waals surface area contributed by atoms with Gasteiger partial charge in [-0.05, 0) is 55.3 Å². The standard InChI is InChI=1S/C17H25FN2/c1-17(2)8-6-13(16(17)19-3)11-20-9-7-12-4-5-14(18)10-15(12)20/h4-5,10,13,16,19H,6-9,11H2,1-3H3. The fourth-order valence-electron chi connectivity index (χ4n) is 4.23. The van der Waals surface area contributed by atoms with Gasteiger partial charge in [0.2, 0.25) is 0 Å². The summed E-state index contributed by atoms with van der Waals surface area (Å²) in [5.41, 5.74) is 2.78. The van der Waals surface area contributed by atoms with E-state index in [1.807, 2.05) is 6.07 Å². The van der Waals surface area contributed by atoms with Gasteiger partial charge in [0.05, 0.1) is 0 Å². The van der Waals surface area contributed by atoms with Crippen LogP contribution in [0, 0.1) is 17.2 Å². The van der Waals surface area contributed by atoms with Gasteiger partial charge in [0, 0.05) is 24.8 Å². The molecule has 1 aliphatic heterocycles. The minimum absolute atomic E-state index is 0.118. The monoisotopic (exact) mass is 276 g/mol. The molecule has 2 aliphatic rings. The van der Waals surface area contributed by atoms with Crippen molar-refractivity contribution in [3.8, 4) is 0 Å². The molecule has 1 saturated carbocycles. The van der Waals surface area contributed by atoms with Crippen LogP contribution in [0.4, 0.5) is 10.1 Å². The topological polar surface area (TPSA) is 15.3 Å². The zero-order chi connectivity index (χ0) is 14.3. The Morgan fingerprint density at radius 3 is 2.95 bits per heavy atom. The van der Waals surface area contributed by atoms with E-state index in [4.69, 9.17) is 0 Å². The van der Waals surface area contributed by atoms with Crippen LogP contribution in [0.1, 0.15) is 32.3 Å². The van der Waals surface area contributed by atoms with Crippen LogP contribution in [-0.4, -0.2) is 26.2 Å². The third kappa shape index (κ3) is 2.32. The second kappa shape index (κ2) is 5.03. The Labute approximate surface area is 121 Å². The minimum Gasteiger partial charge on any atom is -0.371 e. The molecule has 0 radical (unpaired) electrons. The van der Waals surface area contributed by atoms with Crippen molar-refractivity contribution in [2.24, 2.45) is 11.3 Å². The van der Waals surface area contributed by atoms with Crippen molar-refractivity contribution in [1.29, 1.82) is 0 Å². The van der Waals surface area contributed by atoms with Crippen molar-refractivity contribution in [2.45, 2.75) is 39.2 Å². The lowest BCUT2D eigenvalue weighted by Crippen LogP contribution is -2.44. The van der Waals surface area contributed by atoms with Gasteiger partial charge in [0.1, 0.15) is 5.82 Å². The molecular weight excluding hydrogens is 251 g/mol. The maximum Gasteiger partial charge on any atom is 0.125 e. The molecule has 1 heterocycles. The summed E-state index contributed by atoms with van der Waals surface area (Å²) in [6, 6.07) is 5.78. The van der Waals surface area contributed by atoms with Gasteiger partial charge in [0.25, 0.3) is 0 Å². The Morgan fingerprint density at radius 2 is 2.20 bits per heavy atom. The highest BCUT2D eigenvalue weighted by molar-refractivity contribution is 5.58. The summed E-state index contributed by atoms with van der Waals surface area (Å²) in [5.74, 6) is 0.539. The van der Waals surface area contributed by atoms with Gasteiger partial charge in [-0.3, -0.25) is 0 Å². The summed E-state index contributed by atoms with van der Waals surface area (Å²) in [7, 11) is 2.07. The molecule has 1 aromatic rings. The molecule has 2 unspecified atom stereocenters. The van der Waals surface area contributed by atoms with Crippen molar-refractivity contribution in [3.63, 3.8) is 0 Å². The molecule has 1 N–H and O–H groups in total. The Hall–Kier alpha value is -1.09. The van der Waals surface area contributed by atoms with E-state index in [1.54, 1.807) is 12.1 Å². The highest BCUT2D eigenvalue weighted by Gasteiger charge is 2.41. The van der Waals surface area contributed by atoms with Crippen LogP contribution in [0.3, 0.4) is 0 Å². The largest absolute Gasteiger partial charge is 0.371 e. The highest BCUT2D eigenvalue weighted by atomic mass is 19.1. The third-order valence-electron chi connectivity index (χ3n) is 5.28. The second-order valence-electron chi connectivity index (χ2n) is 7.02. The molecule has 3 heteroatoms. The zero-order valence-corrected chi connectivity index (χ0v) is 12.7. The van der Waals surface area contributed by atoms with Gasteiger partial charge in [-0.2, -0.15) is 0 Å². The van der Waals surface area contributed by atoms with E-state index in [0.29, 0.717) is 17.4 Å². The summed E-state index contributed by atoms with van der Waals surface area (Å²) in [6.45, 7) is 6.79. The third-order valence-corrected chi connectivity index (χ3v) is 5.28. The summed E-state index contributed by atoms with van der Waals surface area (Å²) < 4.78 is 13.5. The molecular formula is C17H25FN2. The van der Waals surface area contributed by atoms with Crippen LogP contribution >= 0.6 is 0 Å². The lowest BCUT2D eigenvalue weighted by Gasteiger charge is -2.33. The molecule has 0 saturated heterocycles. The first-order valence-corrected chi connectivity index (χ1v) is 7.72. The Morgan fingerprint density at radius 1 is 1.40 bits per heavy atom. The van der Waals surface area contributed by atoms with Gasteiger partial charge < -0.3 is 10.2 Å². The van der Waals surface area contributed by atoms with Crippen LogP contribution in [0.25, 0.3) is 0 Å². The van der Waals surface area contributed by atoms with Gasteiger partial charge >= 0.3 is 0 Å². The van der Waals surface area contributed by atoms with Crippen molar-refractivity contribution in [1.82, 2.24) is 5.32 Å². The number of hydrogen-bond acceptors (Lipinski definition) is 2. The first kappa shape index (κ1) is 13.9. The predicted molar refractivity (Wildman–Crippen MR) is 81.7 cm³/mol. The number of rotatable bonds is 3. The average molecular weight is 276 g/mol. The first-order valence-electron chi connectivity index (χ1n) is 7.72. The maximum atomic E-state index is 13.5. The Balaban J connectivity index is 1.76. The normalized spacial score (nSPS) is 27.9. The fraction of sp³-hybridized carbons (Fsp3) is 0.647. The van der Waals surface area contributed by atoms with Gasteiger partial charge in [-0.15, -0.1) is 0 Å². The van der Waals surface area contributed by atoms with E-state index in [1.165, 1.54) is 18.4 Å². The minimum atomic E-state index is -0.118. The number of hydrogen-bond donors (Lipinski definition) is 1. The van der Waals surface area contributed by atoms with Crippen molar-refractivity contribution >= 4 is 5.69 Å². The molecule has 1 fully saturated rings. The van der Waals surface area contributed by atoms with E-state index < -0.39 is 0 Å². The molecule has 2 atom stereocenters. The zero-order valence-electron chi connectivity index (χ0n) is 12.7. The molecule has 20 heavy (non-hydrogen) atoms. The lowest BCUT2D eigenvalue weighted by molar-refractivity contribution is 0.262. The van der Waals surface area contributed by atoms with E-state index in [0.717, 1.165) is 25.2 Å². The number of nitrogens with zero attached hydrogens (tertiary/aromatic N) is 1. The SMILES string of the molecule is CNC1C(CN2CCc3ccc(F)cc32)CCC1(C)C. The summed E-state index contributed by atoms with van der Waals surface area (Å²) in [5, 5.41) is 3.51. The molecule has 110 valence electrons. The maximum absolute atomic E-state index is 13.5. The Bertz CT molecular complexity index is 498. The van der Waals surface area contributed by atoms with Crippen molar-refractivity contribution in [2.75, 3.05) is 25.0 Å². The highest BCUT2D eigenvalue weighted by Crippen LogP contribution is 2.42. The smallest absolute Gasteiger partial charge is 0.125 e. The van der Waals surface area contributed by atoms with Crippen LogP contribution < -0.4 is 10.2 Å². The number of benzene rings is 1. The summed E-state index contributed by atoms with van der Waals surface area (Å²) in [6.07, 6.45) is 3.59. The number of fused-ring (bicyclic) bond motifs is 1. The van der Waals surface area contributed by atoms with E-state index in [2.05, 4.69) is 31.1 Å². The molecule has 3 rings (SSSR count). The number of nitrogens with one attached hydrogen (secondary N) is 1. The molecule has 1 aromatic carbocycles. The Kier molecular flexibility index (Phi) is 3.49. The molecule has 0 spiro atoms. The van der Waals surface area contributed by atoms with E-state index in [-0.39, 0.29) is 5.82 Å². The molecule has 0 aromatic heterocycles. The molecule has 1 aliphatic carbocycles. The van der Waals surface area contributed by atoms with Crippen LogP contribution in [0.15, 0.2) is 18.2 Å². The van der Waals surface area contributed by atoms with Crippen molar-refractivity contribution in [3.05, 3.63) is 29.6 Å². The molecule has 0 bridgehead atoms. The van der Waals surface area contributed by atoms with Crippen LogP contribution in [0.5, 0.6) is 0 Å². The van der Waals surface area contributed by atoms with E-state index in [9.17, 15) is 4.39 Å². The number of anilines is 1. The van der Waals surface area contributed by atoms with Crippen molar-refractivity contribution < 1.29 is 4.39 Å². The molecule has 0 amide bonds. The quantitative estimate of drug-likeness (QED) is 0.912. The van der Waals surface area contributed by atoms with Crippen LogP contribution in [-0.2, 0) is 6.42 Å². The average Bonchev–Trinajstić information content (AvgIpc) is 2.91. The fourth-order valence-corrected chi connectivity index (χ4v) is 4.23. The predicted octanol–water partition coefficient (Wildman–Crippen LogP) is 3.21. The van der Waals surface area contributed by atoms with Gasteiger partial charge in [0.15, 0.2) is 0 Å². The molecule has 2 nitrogen and oxygen atoms in total. The van der Waals surface area contributed by atoms with E-state index >= 15 is 0 Å². The van der Waals surface area contributed by atoms with Gasteiger partial charge in [-0.25, -0.2) is 4.39 Å². The summed E-state index contributed by atoms with van der Waals surface area (Å²) >= 11 is 0. The van der Waals surface area contributed by atoms with Gasteiger partial charge in [-0.1, -0.05) is 19.9 Å². The van der Waals surface area contributed by atoms with Crippen LogP contribution in [0.2, 0.25) is 0 Å². The lowest BCUT2D eigenvalue weighted by atomic mass is 9.85. The number of halogens is 1. The second-order valence-corrected chi connectivity index (χ2v) is 7.02.